The van der Waals surface area contributed by atoms with E-state index in [1.54, 1.807) is 25.3 Å². The van der Waals surface area contributed by atoms with Crippen molar-refractivity contribution in [3.63, 3.8) is 0 Å². The lowest BCUT2D eigenvalue weighted by Crippen LogP contribution is -2.32. The largest absolute Gasteiger partial charge is 0.511 e. The van der Waals surface area contributed by atoms with Gasteiger partial charge in [-0.25, -0.2) is 0 Å². The van der Waals surface area contributed by atoms with E-state index in [9.17, 15) is 9.90 Å². The number of ether oxygens (including phenoxy) is 1. The summed E-state index contributed by atoms with van der Waals surface area (Å²) < 4.78 is 5.59. The van der Waals surface area contributed by atoms with Crippen LogP contribution in [0.2, 0.25) is 0 Å². The molecule has 1 aromatic rings. The fraction of sp³-hybridized carbons (Fsp3) is 0.389. The highest BCUT2D eigenvalue weighted by Crippen LogP contribution is 2.33. The molecule has 0 heterocycles. The molecule has 0 saturated heterocycles. The predicted octanol–water partition coefficient (Wildman–Crippen LogP) is 4.22. The fourth-order valence-electron chi connectivity index (χ4n) is 2.61. The number of Topliss-reactive ketones (excluding diaryl/α,β-unsaturated/α-hetero) is 1. The number of carbonyl (C=O) groups excluding carboxylic acids is 1. The van der Waals surface area contributed by atoms with Gasteiger partial charge in [0.2, 0.25) is 0 Å². The molecule has 0 saturated carbocycles. The minimum Gasteiger partial charge on any atom is -0.511 e. The lowest BCUT2D eigenvalue weighted by Gasteiger charge is -2.32. The van der Waals surface area contributed by atoms with Crippen LogP contribution in [0.5, 0.6) is 0 Å². The highest BCUT2D eigenvalue weighted by Gasteiger charge is 2.33. The molecule has 0 aliphatic heterocycles. The lowest BCUT2D eigenvalue weighted by molar-refractivity contribution is 0.0137. The molecule has 0 bridgehead atoms. The van der Waals surface area contributed by atoms with Crippen molar-refractivity contribution in [3.05, 3.63) is 59.4 Å². The van der Waals surface area contributed by atoms with Crippen molar-refractivity contribution in [3.8, 4) is 0 Å². The van der Waals surface area contributed by atoms with Crippen LogP contribution in [0.1, 0.15) is 43.0 Å². The highest BCUT2D eigenvalue weighted by molar-refractivity contribution is 6.11. The first kappa shape index (κ1) is 15.5. The molecule has 0 radical (unpaired) electrons. The van der Waals surface area contributed by atoms with Gasteiger partial charge in [-0.1, -0.05) is 56.2 Å². The van der Waals surface area contributed by atoms with E-state index < -0.39 is 5.60 Å². The molecular weight excluding hydrogens is 264 g/mol. The molecule has 2 rings (SSSR count). The van der Waals surface area contributed by atoms with Crippen LogP contribution >= 0.6 is 0 Å². The molecule has 0 fully saturated rings. The van der Waals surface area contributed by atoms with E-state index >= 15 is 0 Å². The molecule has 0 amide bonds. The molecule has 112 valence electrons. The summed E-state index contributed by atoms with van der Waals surface area (Å²) in [6.07, 6.45) is 6.90. The van der Waals surface area contributed by atoms with Crippen molar-refractivity contribution in [1.29, 1.82) is 0 Å². The summed E-state index contributed by atoms with van der Waals surface area (Å²) in [6.45, 7) is 2.12. The van der Waals surface area contributed by atoms with Crippen LogP contribution < -0.4 is 0 Å². The second-order valence-corrected chi connectivity index (χ2v) is 5.44. The van der Waals surface area contributed by atoms with Gasteiger partial charge in [0.05, 0.1) is 11.2 Å². The van der Waals surface area contributed by atoms with Crippen LogP contribution in [0.3, 0.4) is 0 Å². The third kappa shape index (κ3) is 3.42. The van der Waals surface area contributed by atoms with E-state index in [0.29, 0.717) is 17.6 Å². The summed E-state index contributed by atoms with van der Waals surface area (Å²) >= 11 is 0. The number of carbonyl (C=O) groups is 1. The normalized spacial score (nSPS) is 21.6. The summed E-state index contributed by atoms with van der Waals surface area (Å²) in [5.41, 5.74) is 0.466. The Kier molecular flexibility index (Phi) is 4.97. The van der Waals surface area contributed by atoms with Gasteiger partial charge in [0.1, 0.15) is 5.76 Å². The van der Waals surface area contributed by atoms with Crippen molar-refractivity contribution in [2.45, 2.75) is 38.2 Å². The molecule has 1 aliphatic rings. The van der Waals surface area contributed by atoms with E-state index in [1.165, 1.54) is 0 Å². The second kappa shape index (κ2) is 6.72. The average Bonchev–Trinajstić information content (AvgIpc) is 2.53. The number of benzene rings is 1. The Morgan fingerprint density at radius 2 is 2.05 bits per heavy atom. The standard InChI is InChI=1S/C18H22O3/c1-3-4-11-18(21-2)12-10-15(16(19)13-18)17(20)14-8-6-5-7-9-14/h5-10,12,19H,3-4,11,13H2,1-2H3. The van der Waals surface area contributed by atoms with E-state index in [-0.39, 0.29) is 11.5 Å². The first-order valence-electron chi connectivity index (χ1n) is 7.38. The van der Waals surface area contributed by atoms with E-state index in [4.69, 9.17) is 4.74 Å². The molecule has 0 spiro atoms. The van der Waals surface area contributed by atoms with Crippen LogP contribution in [-0.2, 0) is 4.74 Å². The van der Waals surface area contributed by atoms with E-state index in [0.717, 1.165) is 19.3 Å². The van der Waals surface area contributed by atoms with Gasteiger partial charge in [0.15, 0.2) is 5.78 Å². The lowest BCUT2D eigenvalue weighted by atomic mass is 9.84. The predicted molar refractivity (Wildman–Crippen MR) is 83.4 cm³/mol. The zero-order valence-electron chi connectivity index (χ0n) is 12.6. The maximum atomic E-state index is 12.4. The Morgan fingerprint density at radius 1 is 1.33 bits per heavy atom. The van der Waals surface area contributed by atoms with Gasteiger partial charge in [-0.3, -0.25) is 4.79 Å². The van der Waals surface area contributed by atoms with Gasteiger partial charge in [0.25, 0.3) is 0 Å². The van der Waals surface area contributed by atoms with Crippen LogP contribution in [0, 0.1) is 0 Å². The molecule has 1 atom stereocenters. The molecule has 3 nitrogen and oxygen atoms in total. The van der Waals surface area contributed by atoms with Gasteiger partial charge in [-0.05, 0) is 12.5 Å². The molecule has 1 aliphatic carbocycles. The van der Waals surface area contributed by atoms with Gasteiger partial charge in [0, 0.05) is 19.1 Å². The van der Waals surface area contributed by atoms with E-state index in [2.05, 4.69) is 6.92 Å². The number of aliphatic hydroxyl groups is 1. The van der Waals surface area contributed by atoms with Crippen LogP contribution in [0.15, 0.2) is 53.8 Å². The molecule has 3 heteroatoms. The Bertz CT molecular complexity index is 557. The summed E-state index contributed by atoms with van der Waals surface area (Å²) in [7, 11) is 1.65. The maximum Gasteiger partial charge on any atom is 0.196 e. The summed E-state index contributed by atoms with van der Waals surface area (Å²) in [6, 6.07) is 9.01. The highest BCUT2D eigenvalue weighted by atomic mass is 16.5. The molecule has 1 N–H and O–H groups in total. The minimum absolute atomic E-state index is 0.115. The number of unbranched alkanes of at least 4 members (excludes halogenated alkanes) is 1. The zero-order valence-corrected chi connectivity index (χ0v) is 12.6. The van der Waals surface area contributed by atoms with Gasteiger partial charge in [-0.2, -0.15) is 0 Å². The minimum atomic E-state index is -0.486. The number of ketones is 1. The van der Waals surface area contributed by atoms with Gasteiger partial charge in [-0.15, -0.1) is 0 Å². The summed E-state index contributed by atoms with van der Waals surface area (Å²) in [5.74, 6) is -0.0335. The molecule has 1 unspecified atom stereocenters. The first-order chi connectivity index (χ1) is 10.1. The van der Waals surface area contributed by atoms with Crippen molar-refractivity contribution in [2.24, 2.45) is 0 Å². The average molecular weight is 286 g/mol. The number of rotatable bonds is 6. The van der Waals surface area contributed by atoms with Gasteiger partial charge >= 0.3 is 0 Å². The Labute approximate surface area is 125 Å². The summed E-state index contributed by atoms with van der Waals surface area (Å²) in [4.78, 5) is 12.4. The van der Waals surface area contributed by atoms with Crippen molar-refractivity contribution < 1.29 is 14.6 Å². The van der Waals surface area contributed by atoms with E-state index in [1.807, 2.05) is 24.3 Å². The fourth-order valence-corrected chi connectivity index (χ4v) is 2.61. The number of allylic oxidation sites excluding steroid dienone is 2. The number of hydrogen-bond acceptors (Lipinski definition) is 3. The van der Waals surface area contributed by atoms with Crippen molar-refractivity contribution in [2.75, 3.05) is 7.11 Å². The zero-order chi connectivity index (χ0) is 15.3. The second-order valence-electron chi connectivity index (χ2n) is 5.44. The Morgan fingerprint density at radius 3 is 2.62 bits per heavy atom. The number of methoxy groups -OCH3 is 1. The molecule has 1 aromatic carbocycles. The molecule has 21 heavy (non-hydrogen) atoms. The number of hydrogen-bond donors (Lipinski definition) is 1. The monoisotopic (exact) mass is 286 g/mol. The number of aliphatic hydroxyl groups excluding tert-OH is 1. The van der Waals surface area contributed by atoms with Crippen LogP contribution in [-0.4, -0.2) is 23.6 Å². The Balaban J connectivity index is 2.21. The van der Waals surface area contributed by atoms with Crippen LogP contribution in [0.4, 0.5) is 0 Å². The molecular formula is C18H22O3. The SMILES string of the molecule is CCCCC1(OC)C=CC(C(=O)c2ccccc2)=C(O)C1. The first-order valence-corrected chi connectivity index (χ1v) is 7.38. The smallest absolute Gasteiger partial charge is 0.196 e. The third-order valence-electron chi connectivity index (χ3n) is 3.97. The van der Waals surface area contributed by atoms with Gasteiger partial charge < -0.3 is 9.84 Å². The maximum absolute atomic E-state index is 12.4. The molecule has 0 aromatic heterocycles. The van der Waals surface area contributed by atoms with Crippen LogP contribution in [0.25, 0.3) is 0 Å². The van der Waals surface area contributed by atoms with Crippen molar-refractivity contribution in [1.82, 2.24) is 0 Å². The third-order valence-corrected chi connectivity index (χ3v) is 3.97. The quantitative estimate of drug-likeness (QED) is 0.796. The summed E-state index contributed by atoms with van der Waals surface area (Å²) in [5, 5.41) is 10.3. The van der Waals surface area contributed by atoms with Crippen molar-refractivity contribution >= 4 is 5.78 Å². The Hall–Kier alpha value is -1.87. The topological polar surface area (TPSA) is 46.5 Å².